The minimum absolute atomic E-state index is 0.0304. The molecule has 0 saturated heterocycles. The molecule has 6 heteroatoms. The van der Waals surface area contributed by atoms with Crippen molar-refractivity contribution >= 4 is 13.1 Å². The van der Waals surface area contributed by atoms with Crippen molar-refractivity contribution in [3.63, 3.8) is 0 Å². The first-order chi connectivity index (χ1) is 17.9. The Labute approximate surface area is 242 Å². The molecule has 0 aliphatic heterocycles. The molecule has 0 spiro atoms. The SMILES string of the molecule is CC(C)CCC[C@@H](C)[C@H]1CC[C@H]2[C@@H]3CC=C4C[C@@H](OCC[S](=O)(=[Pt])CCC(=O)O)CC[C@]4(C)[C@H]3CC[C@]12C. The van der Waals surface area contributed by atoms with Gasteiger partial charge >= 0.3 is 173 Å². The van der Waals surface area contributed by atoms with Crippen LogP contribution in [0.4, 0.5) is 0 Å². The van der Waals surface area contributed by atoms with Gasteiger partial charge in [-0.1, -0.05) is 47.0 Å². The summed E-state index contributed by atoms with van der Waals surface area (Å²) in [5.74, 6) is 4.98. The molecular formula is C32H54O4PtS. The molecule has 0 bridgehead atoms. The summed E-state index contributed by atoms with van der Waals surface area (Å²) in [7, 11) is -2.16. The molecule has 38 heavy (non-hydrogen) atoms. The quantitative estimate of drug-likeness (QED) is 0.210. The maximum absolute atomic E-state index is 12.7. The molecule has 3 saturated carbocycles. The summed E-state index contributed by atoms with van der Waals surface area (Å²) in [6, 6.07) is 0. The van der Waals surface area contributed by atoms with Crippen LogP contribution in [0.15, 0.2) is 11.6 Å². The van der Waals surface area contributed by atoms with Crippen LogP contribution in [0, 0.1) is 46.3 Å². The van der Waals surface area contributed by atoms with Crippen molar-refractivity contribution < 1.29 is 36.8 Å². The molecule has 4 rings (SSSR count). The van der Waals surface area contributed by atoms with Crippen molar-refractivity contribution in [3.05, 3.63) is 11.6 Å². The third-order valence-electron chi connectivity index (χ3n) is 11.6. The predicted molar refractivity (Wildman–Crippen MR) is 153 cm³/mol. The maximum atomic E-state index is 12.7. The van der Waals surface area contributed by atoms with E-state index in [4.69, 9.17) is 9.84 Å². The van der Waals surface area contributed by atoms with E-state index in [2.05, 4.69) is 40.7 Å². The molecule has 0 aromatic carbocycles. The monoisotopic (exact) mass is 729 g/mol. The van der Waals surface area contributed by atoms with Gasteiger partial charge in [0.15, 0.2) is 0 Å². The summed E-state index contributed by atoms with van der Waals surface area (Å²) in [6.45, 7) is 13.0. The third kappa shape index (κ3) is 6.72. The van der Waals surface area contributed by atoms with Crippen LogP contribution >= 0.6 is 0 Å². The summed E-state index contributed by atoms with van der Waals surface area (Å²) in [5, 5.41) is 8.91. The molecular weight excluding hydrogens is 675 g/mol. The van der Waals surface area contributed by atoms with Crippen molar-refractivity contribution in [2.24, 2.45) is 46.3 Å². The van der Waals surface area contributed by atoms with Gasteiger partial charge in [0.1, 0.15) is 0 Å². The molecule has 0 heterocycles. The van der Waals surface area contributed by atoms with E-state index in [9.17, 15) is 9.00 Å². The van der Waals surface area contributed by atoms with Gasteiger partial charge in [-0.15, -0.1) is 0 Å². The van der Waals surface area contributed by atoms with Crippen LogP contribution in [0.25, 0.3) is 0 Å². The van der Waals surface area contributed by atoms with Gasteiger partial charge in [0.05, 0.1) is 0 Å². The summed E-state index contributed by atoms with van der Waals surface area (Å²) < 4.78 is 18.9. The molecule has 9 atom stereocenters. The number of carbonyl (C=O) groups is 1. The Balaban J connectivity index is 1.35. The van der Waals surface area contributed by atoms with Crippen LogP contribution in [0.3, 0.4) is 0 Å². The molecule has 0 aromatic heterocycles. The minimum atomic E-state index is -2.16. The second-order valence-corrected chi connectivity index (χ2v) is 21.5. The zero-order chi connectivity index (χ0) is 27.7. The number of carboxylic acids is 1. The van der Waals surface area contributed by atoms with Crippen molar-refractivity contribution in [1.29, 1.82) is 0 Å². The Morgan fingerprint density at radius 3 is 2.58 bits per heavy atom. The standard InChI is InChI=1S/C32H54O4S.Pt/c1-22(2)7-6-8-23(3)27-11-12-28-26-10-9-24-21-25(36-18-20-37(35)19-15-30(33)34)13-16-31(24,4)29(26)14-17-32(27,28)5;/h9,22-23,25-29H,6-8,10-21H2,1-5H3,(H,33,34);/t23-,25+,26+,27-,28+,29+,31+,32-,37?;/m1./s1. The van der Waals surface area contributed by atoms with E-state index in [1.807, 2.05) is 18.0 Å². The predicted octanol–water partition coefficient (Wildman–Crippen LogP) is 7.63. The second kappa shape index (κ2) is 12.5. The number of carboxylic acid groups (broad SMARTS) is 1. The van der Waals surface area contributed by atoms with Gasteiger partial charge in [0.25, 0.3) is 0 Å². The van der Waals surface area contributed by atoms with Crippen molar-refractivity contribution in [2.75, 3.05) is 18.1 Å². The van der Waals surface area contributed by atoms with Gasteiger partial charge in [0.2, 0.25) is 0 Å². The average Bonchev–Trinajstić information content (AvgIpc) is 3.20. The summed E-state index contributed by atoms with van der Waals surface area (Å²) >= 11 is 1.94. The van der Waals surface area contributed by atoms with Gasteiger partial charge in [0, 0.05) is 0 Å². The van der Waals surface area contributed by atoms with E-state index in [0.717, 1.165) is 48.3 Å². The Hall–Kier alpha value is 0.00831. The minimum Gasteiger partial charge on any atom is -0.0591 e. The van der Waals surface area contributed by atoms with Crippen LogP contribution in [0.1, 0.15) is 112 Å². The topological polar surface area (TPSA) is 63.6 Å². The summed E-state index contributed by atoms with van der Waals surface area (Å²) in [5.41, 5.74) is 2.49. The number of allylic oxidation sites excluding steroid dienone is 1. The number of aliphatic carboxylic acids is 1. The normalized spacial score (nSPS) is 39.1. The smallest absolute Gasteiger partial charge is 0.0591 e. The molecule has 1 N–H and O–H groups in total. The molecule has 4 aliphatic carbocycles. The summed E-state index contributed by atoms with van der Waals surface area (Å²) in [4.78, 5) is 10.8. The van der Waals surface area contributed by atoms with Gasteiger partial charge in [-0.25, -0.2) is 0 Å². The van der Waals surface area contributed by atoms with E-state index < -0.39 is 13.1 Å². The fraction of sp³-hybridized carbons (Fsp3) is 0.906. The first-order valence-electron chi connectivity index (χ1n) is 15.6. The fourth-order valence-corrected chi connectivity index (χ4v) is 11.7. The zero-order valence-electron chi connectivity index (χ0n) is 24.6. The van der Waals surface area contributed by atoms with Crippen LogP contribution in [0.5, 0.6) is 0 Å². The number of hydrogen-bond donors (Lipinski definition) is 1. The van der Waals surface area contributed by atoms with Crippen LogP contribution in [-0.4, -0.2) is 39.5 Å². The van der Waals surface area contributed by atoms with Crippen molar-refractivity contribution in [2.45, 2.75) is 118 Å². The molecule has 4 aliphatic rings. The number of fused-ring (bicyclic) bond motifs is 5. The third-order valence-corrected chi connectivity index (χ3v) is 15.9. The number of hydrogen-bond acceptors (Lipinski definition) is 3. The van der Waals surface area contributed by atoms with Gasteiger partial charge in [-0.2, -0.15) is 0 Å². The fourth-order valence-electron chi connectivity index (χ4n) is 9.46. The Morgan fingerprint density at radius 1 is 1.11 bits per heavy atom. The Bertz CT molecular complexity index is 974. The van der Waals surface area contributed by atoms with Gasteiger partial charge < -0.3 is 0 Å². The average molecular weight is 730 g/mol. The van der Waals surface area contributed by atoms with E-state index in [1.54, 1.807) is 5.57 Å². The molecule has 4 nitrogen and oxygen atoms in total. The van der Waals surface area contributed by atoms with Gasteiger partial charge in [-0.05, 0) is 24.2 Å². The van der Waals surface area contributed by atoms with E-state index in [0.29, 0.717) is 23.2 Å². The number of rotatable bonds is 12. The molecule has 0 radical (unpaired) electrons. The molecule has 0 aromatic rings. The molecule has 1 unspecified atom stereocenters. The Kier molecular flexibility index (Phi) is 10.2. The zero-order valence-corrected chi connectivity index (χ0v) is 27.7. The number of ether oxygens (including phenoxy) is 1. The first kappa shape index (κ1) is 31.0. The Morgan fingerprint density at radius 2 is 1.87 bits per heavy atom. The van der Waals surface area contributed by atoms with Crippen molar-refractivity contribution in [3.8, 4) is 0 Å². The van der Waals surface area contributed by atoms with E-state index >= 15 is 0 Å². The molecule has 222 valence electrons. The summed E-state index contributed by atoms with van der Waals surface area (Å²) in [6.07, 6.45) is 17.3. The van der Waals surface area contributed by atoms with E-state index in [1.165, 1.54) is 57.8 Å². The molecule has 3 fully saturated rings. The van der Waals surface area contributed by atoms with Gasteiger partial charge in [-0.3, -0.25) is 0 Å². The van der Waals surface area contributed by atoms with E-state index in [-0.39, 0.29) is 18.3 Å². The first-order valence-corrected chi connectivity index (χ1v) is 20.1. The second-order valence-electron chi connectivity index (χ2n) is 14.3. The molecule has 0 amide bonds. The van der Waals surface area contributed by atoms with Crippen LogP contribution in [0.2, 0.25) is 0 Å². The van der Waals surface area contributed by atoms with Crippen molar-refractivity contribution in [1.82, 2.24) is 0 Å². The van der Waals surface area contributed by atoms with Crippen LogP contribution in [-0.2, 0) is 34.7 Å². The van der Waals surface area contributed by atoms with Crippen LogP contribution < -0.4 is 0 Å².